The maximum atomic E-state index is 14.4. The minimum Gasteiger partial charge on any atom is -0.508 e. The molecule has 0 bridgehead atoms. The van der Waals surface area contributed by atoms with Gasteiger partial charge in [-0.2, -0.15) is 0 Å². The summed E-state index contributed by atoms with van der Waals surface area (Å²) in [7, 11) is 1.64. The first kappa shape index (κ1) is 25.5. The van der Waals surface area contributed by atoms with Crippen molar-refractivity contribution < 1.29 is 46.5 Å². The summed E-state index contributed by atoms with van der Waals surface area (Å²) in [5.41, 5.74) is -0.817. The van der Waals surface area contributed by atoms with E-state index in [1.165, 1.54) is 23.1 Å². The van der Waals surface area contributed by atoms with Crippen LogP contribution in [0.2, 0.25) is 0 Å². The summed E-state index contributed by atoms with van der Waals surface area (Å²) >= 11 is 0. The number of nitrogens with zero attached hydrogens (tertiary/aromatic N) is 1. The van der Waals surface area contributed by atoms with Crippen molar-refractivity contribution in [2.24, 2.45) is 5.92 Å². The van der Waals surface area contributed by atoms with Crippen LogP contribution in [0.4, 0.5) is 31.8 Å². The maximum Gasteiger partial charge on any atom is 0.233 e. The first-order chi connectivity index (χ1) is 13.3. The largest absolute Gasteiger partial charge is 0.508 e. The average molecular weight is 420 g/mol. The van der Waals surface area contributed by atoms with Crippen LogP contribution in [0.3, 0.4) is 0 Å². The highest BCUT2D eigenvalue weighted by atomic mass is 20.0. The molecule has 2 heterocycles. The third-order valence-corrected chi connectivity index (χ3v) is 4.59. The Morgan fingerprint density at radius 3 is 2.39 bits per heavy atom. The summed E-state index contributed by atoms with van der Waals surface area (Å²) in [4.78, 5) is 14.1. The summed E-state index contributed by atoms with van der Waals surface area (Å²) in [6.45, 7) is 5.86. The number of benzene rings is 1. The van der Waals surface area contributed by atoms with Crippen LogP contribution < -0.4 is 5.32 Å². The van der Waals surface area contributed by atoms with Crippen LogP contribution in [0.5, 0.6) is 5.75 Å². The second-order valence-corrected chi connectivity index (χ2v) is 6.01. The van der Waals surface area contributed by atoms with Crippen LogP contribution in [0, 0.1) is 11.7 Å². The van der Waals surface area contributed by atoms with E-state index in [4.69, 9.17) is 32.2 Å². The van der Waals surface area contributed by atoms with Gasteiger partial charge in [0.05, 0.1) is 18.6 Å². The molecule has 1 aromatic rings. The van der Waals surface area contributed by atoms with E-state index in [0.717, 1.165) is 0 Å². The second kappa shape index (κ2) is 11.4. The molecule has 0 spiro atoms. The maximum absolute atomic E-state index is 14.4. The van der Waals surface area contributed by atoms with Crippen LogP contribution >= 0.6 is 0 Å². The summed E-state index contributed by atoms with van der Waals surface area (Å²) < 4.78 is 68.1. The zero-order valence-electron chi connectivity index (χ0n) is 14.9. The van der Waals surface area contributed by atoms with Crippen molar-refractivity contribution in [3.05, 3.63) is 42.0 Å². The number of amides is 1. The molecule has 5 nitrogen and oxygen atoms in total. The number of phenols is 1. The Balaban J connectivity index is 0.00000111. The SMILES string of the molecule is C=C1N[C@@]2(c3cc(O)ccc3F)CO[C@@H](C)C[C@H]2C(=O)N1C.FF.FF.FF. The van der Waals surface area contributed by atoms with E-state index in [2.05, 4.69) is 11.9 Å². The fourth-order valence-corrected chi connectivity index (χ4v) is 3.31. The molecule has 0 saturated carbocycles. The molecule has 1 amide bonds. The van der Waals surface area contributed by atoms with Crippen molar-refractivity contribution in [3.63, 3.8) is 0 Å². The monoisotopic (exact) mass is 420 g/mol. The molecule has 3 atom stereocenters. The van der Waals surface area contributed by atoms with Crippen LogP contribution in [-0.2, 0) is 15.1 Å². The Morgan fingerprint density at radius 1 is 1.25 bits per heavy atom. The van der Waals surface area contributed by atoms with E-state index < -0.39 is 17.3 Å². The number of rotatable bonds is 1. The highest BCUT2D eigenvalue weighted by molar-refractivity contribution is 5.83. The van der Waals surface area contributed by atoms with Gasteiger partial charge in [-0.25, -0.2) is 4.39 Å². The molecule has 28 heavy (non-hydrogen) atoms. The molecular weight excluding hydrogens is 401 g/mol. The van der Waals surface area contributed by atoms with Gasteiger partial charge in [-0.3, -0.25) is 4.79 Å². The molecule has 2 fully saturated rings. The molecule has 0 unspecified atom stereocenters. The molecule has 0 aromatic heterocycles. The van der Waals surface area contributed by atoms with Gasteiger partial charge in [0, 0.05) is 40.1 Å². The molecule has 0 radical (unpaired) electrons. The zero-order valence-corrected chi connectivity index (χ0v) is 14.9. The van der Waals surface area contributed by atoms with Gasteiger partial charge in [0.25, 0.3) is 0 Å². The number of fused-ring (bicyclic) bond motifs is 1. The number of phenolic OH excluding ortho intramolecular Hbond substituents is 1. The van der Waals surface area contributed by atoms with Crippen LogP contribution in [0.15, 0.2) is 30.6 Å². The Labute approximate surface area is 156 Å². The molecule has 2 N–H and O–H groups in total. The smallest absolute Gasteiger partial charge is 0.233 e. The summed E-state index contributed by atoms with van der Waals surface area (Å²) in [5.74, 6) is -0.757. The predicted molar refractivity (Wildman–Crippen MR) is 85.0 cm³/mol. The lowest BCUT2D eigenvalue weighted by atomic mass is 9.72. The van der Waals surface area contributed by atoms with E-state index in [-0.39, 0.29) is 29.9 Å². The minimum absolute atomic E-state index is 0.0538. The molecule has 2 saturated heterocycles. The van der Waals surface area contributed by atoms with Gasteiger partial charge >= 0.3 is 0 Å². The van der Waals surface area contributed by atoms with Crippen molar-refractivity contribution >= 4 is 5.91 Å². The molecule has 12 heteroatoms. The van der Waals surface area contributed by atoms with Crippen molar-refractivity contribution in [2.45, 2.75) is 25.0 Å². The lowest BCUT2D eigenvalue weighted by Gasteiger charge is -2.51. The number of carbonyl (C=O) groups excluding carboxylic acids is 1. The van der Waals surface area contributed by atoms with Gasteiger partial charge in [-0.15, -0.1) is 0 Å². The number of halogens is 7. The van der Waals surface area contributed by atoms with E-state index in [0.29, 0.717) is 12.2 Å². The van der Waals surface area contributed by atoms with Gasteiger partial charge in [0.2, 0.25) is 5.91 Å². The molecule has 3 rings (SSSR count). The van der Waals surface area contributed by atoms with Crippen LogP contribution in [-0.4, -0.2) is 35.7 Å². The zero-order chi connectivity index (χ0) is 22.1. The Bertz CT molecular complexity index is 665. The highest BCUT2D eigenvalue weighted by Crippen LogP contribution is 2.44. The van der Waals surface area contributed by atoms with Crippen molar-refractivity contribution in [1.29, 1.82) is 0 Å². The number of nitrogens with one attached hydrogen (secondary N) is 1. The van der Waals surface area contributed by atoms with E-state index >= 15 is 0 Å². The first-order valence-corrected chi connectivity index (χ1v) is 7.63. The fraction of sp³-hybridized carbons (Fsp3) is 0.438. The van der Waals surface area contributed by atoms with E-state index in [1.807, 2.05) is 6.92 Å². The third-order valence-electron chi connectivity index (χ3n) is 4.59. The van der Waals surface area contributed by atoms with Gasteiger partial charge in [-0.05, 0) is 31.5 Å². The van der Waals surface area contributed by atoms with Crippen molar-refractivity contribution in [1.82, 2.24) is 10.2 Å². The standard InChI is InChI=1S/C16H19FN2O3.3F2/c1-9-6-13-15(21)19(3)10(2)18-16(13,8-22-9)12-7-11(20)4-5-14(12)17;3*1-2/h4-5,7,9,13,18,20H,2,6,8H2,1,3H3;;;/t9-,13-,16+;;;/m0.../s1. The lowest BCUT2D eigenvalue weighted by Crippen LogP contribution is -2.65. The molecular formula is C16H19F7N2O3. The Kier molecular flexibility index (Phi) is 10.4. The van der Waals surface area contributed by atoms with Crippen LogP contribution in [0.25, 0.3) is 0 Å². The summed E-state index contributed by atoms with van der Waals surface area (Å²) in [6.07, 6.45) is 0.377. The number of aromatic hydroxyl groups is 1. The molecule has 2 aliphatic heterocycles. The Hall–Kier alpha value is -2.50. The summed E-state index contributed by atoms with van der Waals surface area (Å²) in [5, 5.41) is 12.9. The van der Waals surface area contributed by atoms with Gasteiger partial charge in [-0.1, -0.05) is 6.58 Å². The quantitative estimate of drug-likeness (QED) is 0.669. The van der Waals surface area contributed by atoms with Gasteiger partial charge < -0.3 is 20.1 Å². The molecule has 0 aliphatic carbocycles. The van der Waals surface area contributed by atoms with Crippen molar-refractivity contribution in [2.75, 3.05) is 13.7 Å². The van der Waals surface area contributed by atoms with Gasteiger partial charge in [0.15, 0.2) is 0 Å². The fourth-order valence-electron chi connectivity index (χ4n) is 3.31. The van der Waals surface area contributed by atoms with Gasteiger partial charge in [0.1, 0.15) is 22.9 Å². The predicted octanol–water partition coefficient (Wildman–Crippen LogP) is 4.21. The first-order valence-electron chi connectivity index (χ1n) is 7.63. The number of ether oxygens (including phenoxy) is 1. The second-order valence-electron chi connectivity index (χ2n) is 6.01. The summed E-state index contributed by atoms with van der Waals surface area (Å²) in [6, 6.07) is 3.82. The molecule has 1 aromatic carbocycles. The van der Waals surface area contributed by atoms with Crippen LogP contribution in [0.1, 0.15) is 18.9 Å². The molecule has 2 aliphatic rings. The number of carbonyl (C=O) groups is 1. The van der Waals surface area contributed by atoms with E-state index in [1.54, 1.807) is 7.05 Å². The number of hydrogen-bond acceptors (Lipinski definition) is 4. The van der Waals surface area contributed by atoms with Crippen molar-refractivity contribution in [3.8, 4) is 5.75 Å². The third kappa shape index (κ3) is 4.86. The average Bonchev–Trinajstić information content (AvgIpc) is 2.73. The van der Waals surface area contributed by atoms with E-state index in [9.17, 15) is 14.3 Å². The molecule has 160 valence electrons. The lowest BCUT2D eigenvalue weighted by molar-refractivity contribution is -0.153. The number of hydrogen-bond donors (Lipinski definition) is 2. The Morgan fingerprint density at radius 2 is 1.82 bits per heavy atom. The normalized spacial score (nSPS) is 25.5. The highest BCUT2D eigenvalue weighted by Gasteiger charge is 2.54. The minimum atomic E-state index is -1.05. The topological polar surface area (TPSA) is 61.8 Å².